The molecule has 2 rings (SSSR count). The lowest BCUT2D eigenvalue weighted by atomic mass is 9.74. The summed E-state index contributed by atoms with van der Waals surface area (Å²) in [4.78, 5) is 12.1. The van der Waals surface area contributed by atoms with E-state index in [0.29, 0.717) is 19.1 Å². The second-order valence-electron chi connectivity index (χ2n) is 5.22. The molecule has 1 aromatic heterocycles. The van der Waals surface area contributed by atoms with Crippen LogP contribution in [0.25, 0.3) is 0 Å². The number of aliphatic hydroxyl groups is 1. The van der Waals surface area contributed by atoms with Gasteiger partial charge in [-0.2, -0.15) is 15.0 Å². The number of aromatic nitrogens is 3. The van der Waals surface area contributed by atoms with Crippen LogP contribution >= 0.6 is 11.6 Å². The molecule has 1 aromatic rings. The van der Waals surface area contributed by atoms with Crippen LogP contribution in [0, 0.1) is 5.41 Å². The van der Waals surface area contributed by atoms with E-state index in [1.807, 2.05) is 6.92 Å². The van der Waals surface area contributed by atoms with Crippen molar-refractivity contribution in [1.82, 2.24) is 15.0 Å². The summed E-state index contributed by atoms with van der Waals surface area (Å²) in [6.45, 7) is 3.14. The van der Waals surface area contributed by atoms with Gasteiger partial charge in [-0.1, -0.05) is 19.3 Å². The Bertz CT molecular complexity index is 438. The van der Waals surface area contributed by atoms with Crippen molar-refractivity contribution in [3.63, 3.8) is 0 Å². The minimum absolute atomic E-state index is 0.0802. The predicted octanol–water partition coefficient (Wildman–Crippen LogP) is 2.28. The maximum atomic E-state index is 9.67. The summed E-state index contributed by atoms with van der Waals surface area (Å²) in [6, 6.07) is 0.219. The fourth-order valence-corrected chi connectivity index (χ4v) is 2.72. The number of anilines is 1. The van der Waals surface area contributed by atoms with Crippen LogP contribution in [0.5, 0.6) is 6.01 Å². The first-order valence-corrected chi connectivity index (χ1v) is 7.44. The van der Waals surface area contributed by atoms with Crippen LogP contribution in [0.2, 0.25) is 5.28 Å². The van der Waals surface area contributed by atoms with E-state index >= 15 is 0 Å². The van der Waals surface area contributed by atoms with Crippen LogP contribution in [0.15, 0.2) is 0 Å². The van der Waals surface area contributed by atoms with Gasteiger partial charge in [0, 0.05) is 12.0 Å². The van der Waals surface area contributed by atoms with Crippen molar-refractivity contribution in [3.05, 3.63) is 5.28 Å². The minimum atomic E-state index is -0.0802. The van der Waals surface area contributed by atoms with E-state index in [-0.39, 0.29) is 23.3 Å². The Hall–Kier alpha value is -1.14. The number of hydrogen-bond acceptors (Lipinski definition) is 6. The first-order chi connectivity index (χ1) is 9.67. The van der Waals surface area contributed by atoms with Gasteiger partial charge in [-0.15, -0.1) is 0 Å². The fraction of sp³-hybridized carbons (Fsp3) is 0.769. The molecule has 0 amide bonds. The van der Waals surface area contributed by atoms with Crippen LogP contribution in [0.3, 0.4) is 0 Å². The highest BCUT2D eigenvalue weighted by atomic mass is 35.5. The lowest BCUT2D eigenvalue weighted by Crippen LogP contribution is -2.36. The third kappa shape index (κ3) is 3.93. The predicted molar refractivity (Wildman–Crippen MR) is 77.1 cm³/mol. The molecule has 6 nitrogen and oxygen atoms in total. The van der Waals surface area contributed by atoms with Gasteiger partial charge in [0.15, 0.2) is 0 Å². The van der Waals surface area contributed by atoms with Crippen molar-refractivity contribution in [2.24, 2.45) is 5.41 Å². The van der Waals surface area contributed by atoms with Gasteiger partial charge in [-0.05, 0) is 31.4 Å². The molecule has 2 N–H and O–H groups in total. The Balaban J connectivity index is 2.02. The third-order valence-electron chi connectivity index (χ3n) is 3.73. The largest absolute Gasteiger partial charge is 0.464 e. The average Bonchev–Trinajstić information content (AvgIpc) is 2.46. The average molecular weight is 301 g/mol. The highest BCUT2D eigenvalue weighted by Crippen LogP contribution is 2.35. The quantitative estimate of drug-likeness (QED) is 0.839. The Kier molecular flexibility index (Phi) is 5.37. The zero-order chi connectivity index (χ0) is 14.4. The van der Waals surface area contributed by atoms with Crippen LogP contribution in [-0.4, -0.2) is 39.8 Å². The molecule has 0 aromatic carbocycles. The number of nitrogens with zero attached hydrogens (tertiary/aromatic N) is 3. The summed E-state index contributed by atoms with van der Waals surface area (Å²) < 4.78 is 5.23. The second kappa shape index (κ2) is 7.04. The molecule has 7 heteroatoms. The van der Waals surface area contributed by atoms with Gasteiger partial charge in [-0.3, -0.25) is 0 Å². The molecule has 0 atom stereocenters. The zero-order valence-corrected chi connectivity index (χ0v) is 12.5. The SMILES string of the molecule is CCOc1nc(Cl)nc(NCC2(CO)CCCCC2)n1. The Morgan fingerprint density at radius 1 is 1.25 bits per heavy atom. The molecule has 0 spiro atoms. The van der Waals surface area contributed by atoms with E-state index in [9.17, 15) is 5.11 Å². The molecule has 112 valence electrons. The van der Waals surface area contributed by atoms with E-state index in [2.05, 4.69) is 20.3 Å². The third-order valence-corrected chi connectivity index (χ3v) is 3.90. The highest BCUT2D eigenvalue weighted by molar-refractivity contribution is 6.28. The van der Waals surface area contributed by atoms with Gasteiger partial charge >= 0.3 is 6.01 Å². The Morgan fingerprint density at radius 2 is 2.00 bits per heavy atom. The number of ether oxygens (including phenoxy) is 1. The van der Waals surface area contributed by atoms with Gasteiger partial charge in [0.25, 0.3) is 0 Å². The lowest BCUT2D eigenvalue weighted by molar-refractivity contribution is 0.0942. The van der Waals surface area contributed by atoms with Crippen LogP contribution in [-0.2, 0) is 0 Å². The van der Waals surface area contributed by atoms with E-state index < -0.39 is 0 Å². The summed E-state index contributed by atoms with van der Waals surface area (Å²) >= 11 is 5.84. The van der Waals surface area contributed by atoms with Crippen LogP contribution in [0.4, 0.5) is 5.95 Å². The summed E-state index contributed by atoms with van der Waals surface area (Å²) in [5.74, 6) is 0.395. The Morgan fingerprint density at radius 3 is 2.65 bits per heavy atom. The van der Waals surface area contributed by atoms with Crippen molar-refractivity contribution < 1.29 is 9.84 Å². The normalized spacial score (nSPS) is 17.8. The highest BCUT2D eigenvalue weighted by Gasteiger charge is 2.31. The summed E-state index contributed by atoms with van der Waals surface area (Å²) in [5, 5.41) is 12.9. The molecule has 20 heavy (non-hydrogen) atoms. The fourth-order valence-electron chi connectivity index (χ4n) is 2.56. The van der Waals surface area contributed by atoms with Crippen molar-refractivity contribution in [3.8, 4) is 6.01 Å². The molecule has 0 radical (unpaired) electrons. The van der Waals surface area contributed by atoms with Crippen LogP contribution in [0.1, 0.15) is 39.0 Å². The topological polar surface area (TPSA) is 80.2 Å². The monoisotopic (exact) mass is 300 g/mol. The number of nitrogens with one attached hydrogen (secondary N) is 1. The van der Waals surface area contributed by atoms with Crippen molar-refractivity contribution in [2.75, 3.05) is 25.1 Å². The first-order valence-electron chi connectivity index (χ1n) is 7.06. The van der Waals surface area contributed by atoms with Gasteiger partial charge in [0.2, 0.25) is 11.2 Å². The molecule has 0 saturated heterocycles. The number of hydrogen-bond donors (Lipinski definition) is 2. The molecule has 0 bridgehead atoms. The minimum Gasteiger partial charge on any atom is -0.464 e. The maximum absolute atomic E-state index is 9.67. The smallest absolute Gasteiger partial charge is 0.322 e. The second-order valence-corrected chi connectivity index (χ2v) is 5.55. The molecule has 1 heterocycles. The molecule has 0 aliphatic heterocycles. The molecular formula is C13H21ClN4O2. The molecular weight excluding hydrogens is 280 g/mol. The molecule has 1 fully saturated rings. The van der Waals surface area contributed by atoms with Crippen molar-refractivity contribution in [1.29, 1.82) is 0 Å². The zero-order valence-electron chi connectivity index (χ0n) is 11.7. The van der Waals surface area contributed by atoms with Crippen molar-refractivity contribution in [2.45, 2.75) is 39.0 Å². The van der Waals surface area contributed by atoms with Gasteiger partial charge in [0.05, 0.1) is 13.2 Å². The van der Waals surface area contributed by atoms with Gasteiger partial charge in [-0.25, -0.2) is 0 Å². The lowest BCUT2D eigenvalue weighted by Gasteiger charge is -2.35. The summed E-state index contributed by atoms with van der Waals surface area (Å²) in [5.41, 5.74) is -0.0802. The molecule has 0 unspecified atom stereocenters. The Labute approximate surface area is 123 Å². The van der Waals surface area contributed by atoms with Gasteiger partial charge < -0.3 is 15.2 Å². The number of rotatable bonds is 6. The molecule has 1 aliphatic carbocycles. The first kappa shape index (κ1) is 15.3. The summed E-state index contributed by atoms with van der Waals surface area (Å²) in [7, 11) is 0. The van der Waals surface area contributed by atoms with Crippen molar-refractivity contribution >= 4 is 17.5 Å². The molecule has 1 aliphatic rings. The van der Waals surface area contributed by atoms with Crippen LogP contribution < -0.4 is 10.1 Å². The van der Waals surface area contributed by atoms with E-state index in [0.717, 1.165) is 25.7 Å². The van der Waals surface area contributed by atoms with E-state index in [1.165, 1.54) is 6.42 Å². The van der Waals surface area contributed by atoms with E-state index in [4.69, 9.17) is 16.3 Å². The summed E-state index contributed by atoms with van der Waals surface area (Å²) in [6.07, 6.45) is 5.60. The molecule has 1 saturated carbocycles. The standard InChI is InChI=1S/C13H21ClN4O2/c1-2-20-12-17-10(14)16-11(18-12)15-8-13(9-19)6-4-3-5-7-13/h19H,2-9H2,1H3,(H,15,16,17,18). The van der Waals surface area contributed by atoms with Gasteiger partial charge in [0.1, 0.15) is 0 Å². The van der Waals surface area contributed by atoms with E-state index in [1.54, 1.807) is 0 Å². The number of halogens is 1. The maximum Gasteiger partial charge on any atom is 0.322 e. The number of aliphatic hydroxyl groups excluding tert-OH is 1.